The van der Waals surface area contributed by atoms with Crippen molar-refractivity contribution < 1.29 is 19.1 Å². The van der Waals surface area contributed by atoms with Gasteiger partial charge in [0, 0.05) is 42.6 Å². The van der Waals surface area contributed by atoms with Crippen LogP contribution in [0.1, 0.15) is 29.9 Å². The third-order valence-corrected chi connectivity index (χ3v) is 6.01. The number of hydrogen-bond acceptors (Lipinski definition) is 6. The zero-order valence-corrected chi connectivity index (χ0v) is 22.2. The smallest absolute Gasteiger partial charge is 0.323 e. The van der Waals surface area contributed by atoms with Gasteiger partial charge >= 0.3 is 6.03 Å². The molecule has 3 N–H and O–H groups in total. The predicted octanol–water partition coefficient (Wildman–Crippen LogP) is 5.56. The molecule has 0 bridgehead atoms. The molecule has 196 valence electrons. The minimum absolute atomic E-state index is 0.254. The van der Waals surface area contributed by atoms with E-state index >= 15 is 0 Å². The van der Waals surface area contributed by atoms with E-state index in [0.29, 0.717) is 40.3 Å². The van der Waals surface area contributed by atoms with Gasteiger partial charge in [0.25, 0.3) is 5.91 Å². The number of aromatic nitrogens is 1. The highest BCUT2D eigenvalue weighted by Gasteiger charge is 2.13. The Labute approximate surface area is 222 Å². The summed E-state index contributed by atoms with van der Waals surface area (Å²) < 4.78 is 11.7. The fourth-order valence-corrected chi connectivity index (χ4v) is 3.61. The molecule has 9 nitrogen and oxygen atoms in total. The number of carbonyl (C=O) groups excluding carboxylic acids is 2. The molecule has 3 aromatic rings. The molecule has 0 unspecified atom stereocenters. The SMILES string of the molecule is CCN(CC)CCOc1cc(Cl)c(C)cc1NC(=O)Nc1ccc(Oc2ccnc(C(=O)NC)c2)cc1. The molecule has 0 radical (unpaired) electrons. The summed E-state index contributed by atoms with van der Waals surface area (Å²) in [4.78, 5) is 30.7. The van der Waals surface area contributed by atoms with Crippen LogP contribution in [0.2, 0.25) is 5.02 Å². The first kappa shape index (κ1) is 27.8. The van der Waals surface area contributed by atoms with E-state index in [2.05, 4.69) is 39.7 Å². The fourth-order valence-electron chi connectivity index (χ4n) is 3.46. The molecule has 0 saturated heterocycles. The molecule has 0 spiro atoms. The number of anilines is 2. The largest absolute Gasteiger partial charge is 0.490 e. The lowest BCUT2D eigenvalue weighted by atomic mass is 10.2. The number of pyridine rings is 1. The standard InChI is InChI=1S/C27H32ClN5O4/c1-5-33(6-2)13-14-36-25-17-22(28)18(3)15-23(25)32-27(35)31-19-7-9-20(10-8-19)37-21-11-12-30-24(16-21)26(34)29-4/h7-12,15-17H,5-6,13-14H2,1-4H3,(H,29,34)(H2,31,32,35). The van der Waals surface area contributed by atoms with E-state index < -0.39 is 6.03 Å². The second-order valence-corrected chi connectivity index (χ2v) is 8.54. The van der Waals surface area contributed by atoms with Crippen LogP contribution in [-0.4, -0.2) is 55.1 Å². The summed E-state index contributed by atoms with van der Waals surface area (Å²) in [5.41, 5.74) is 2.18. The second-order valence-electron chi connectivity index (χ2n) is 8.13. The van der Waals surface area contributed by atoms with Crippen molar-refractivity contribution in [2.24, 2.45) is 0 Å². The number of ether oxygens (including phenoxy) is 2. The summed E-state index contributed by atoms with van der Waals surface area (Å²) in [6, 6.07) is 13.1. The molecule has 0 aliphatic rings. The second kappa shape index (κ2) is 13.5. The van der Waals surface area contributed by atoms with Gasteiger partial charge in [-0.1, -0.05) is 25.4 Å². The Bertz CT molecular complexity index is 1220. The number of nitrogens with one attached hydrogen (secondary N) is 3. The first-order valence-corrected chi connectivity index (χ1v) is 12.4. The van der Waals surface area contributed by atoms with Gasteiger partial charge in [-0.25, -0.2) is 4.79 Å². The quantitative estimate of drug-likeness (QED) is 0.303. The summed E-state index contributed by atoms with van der Waals surface area (Å²) >= 11 is 6.30. The predicted molar refractivity (Wildman–Crippen MR) is 146 cm³/mol. The van der Waals surface area contributed by atoms with Crippen LogP contribution in [0.5, 0.6) is 17.2 Å². The lowest BCUT2D eigenvalue weighted by Crippen LogP contribution is -2.28. The number of likely N-dealkylation sites (N-methyl/N-ethyl adjacent to an activating group) is 1. The van der Waals surface area contributed by atoms with E-state index in [9.17, 15) is 9.59 Å². The minimum Gasteiger partial charge on any atom is -0.490 e. The number of aryl methyl sites for hydroxylation is 1. The van der Waals surface area contributed by atoms with Gasteiger partial charge in [-0.3, -0.25) is 9.78 Å². The zero-order valence-electron chi connectivity index (χ0n) is 21.4. The third kappa shape index (κ3) is 8.09. The van der Waals surface area contributed by atoms with Gasteiger partial charge in [0.1, 0.15) is 29.5 Å². The fraction of sp³-hybridized carbons (Fsp3) is 0.296. The summed E-state index contributed by atoms with van der Waals surface area (Å²) in [6.07, 6.45) is 1.50. The summed E-state index contributed by atoms with van der Waals surface area (Å²) in [7, 11) is 1.54. The number of nitrogens with zero attached hydrogens (tertiary/aromatic N) is 2. The van der Waals surface area contributed by atoms with Crippen molar-refractivity contribution in [2.75, 3.05) is 43.9 Å². The van der Waals surface area contributed by atoms with E-state index in [1.54, 1.807) is 48.5 Å². The van der Waals surface area contributed by atoms with Gasteiger partial charge in [0.05, 0.1) is 5.69 Å². The van der Waals surface area contributed by atoms with E-state index in [0.717, 1.165) is 25.2 Å². The first-order valence-electron chi connectivity index (χ1n) is 12.0. The Morgan fingerprint density at radius 2 is 1.73 bits per heavy atom. The number of hydrogen-bond donors (Lipinski definition) is 3. The normalized spacial score (nSPS) is 10.6. The molecule has 0 aliphatic carbocycles. The van der Waals surface area contributed by atoms with Crippen molar-refractivity contribution in [3.8, 4) is 17.2 Å². The van der Waals surface area contributed by atoms with Crippen LogP contribution in [-0.2, 0) is 0 Å². The van der Waals surface area contributed by atoms with Crippen molar-refractivity contribution in [3.05, 3.63) is 71.0 Å². The van der Waals surface area contributed by atoms with Gasteiger partial charge in [0.15, 0.2) is 0 Å². The van der Waals surface area contributed by atoms with Crippen LogP contribution >= 0.6 is 11.6 Å². The molecule has 2 aromatic carbocycles. The number of rotatable bonds is 11. The van der Waals surface area contributed by atoms with Gasteiger partial charge in [-0.05, 0) is 62.0 Å². The van der Waals surface area contributed by atoms with E-state index in [4.69, 9.17) is 21.1 Å². The number of halogens is 1. The molecule has 0 aliphatic heterocycles. The Morgan fingerprint density at radius 3 is 2.41 bits per heavy atom. The molecule has 3 amide bonds. The number of amides is 3. The van der Waals surface area contributed by atoms with E-state index in [1.165, 1.54) is 13.2 Å². The van der Waals surface area contributed by atoms with Gasteiger partial charge in [-0.2, -0.15) is 0 Å². The Hall–Kier alpha value is -3.82. The van der Waals surface area contributed by atoms with E-state index in [-0.39, 0.29) is 11.6 Å². The highest BCUT2D eigenvalue weighted by Crippen LogP contribution is 2.31. The minimum atomic E-state index is -0.423. The van der Waals surface area contributed by atoms with Crippen molar-refractivity contribution >= 4 is 34.9 Å². The molecule has 0 saturated carbocycles. The van der Waals surface area contributed by atoms with Crippen LogP contribution < -0.4 is 25.4 Å². The number of urea groups is 1. The molecule has 0 atom stereocenters. The lowest BCUT2D eigenvalue weighted by Gasteiger charge is -2.19. The highest BCUT2D eigenvalue weighted by atomic mass is 35.5. The first-order chi connectivity index (χ1) is 17.8. The van der Waals surface area contributed by atoms with Crippen LogP contribution in [0.3, 0.4) is 0 Å². The average Bonchev–Trinajstić information content (AvgIpc) is 2.90. The van der Waals surface area contributed by atoms with Crippen LogP contribution in [0, 0.1) is 6.92 Å². The molecule has 37 heavy (non-hydrogen) atoms. The number of benzene rings is 2. The molecule has 1 aromatic heterocycles. The average molecular weight is 526 g/mol. The molecular formula is C27H32ClN5O4. The number of carbonyl (C=O) groups is 2. The Kier molecular flexibility index (Phi) is 10.1. The lowest BCUT2D eigenvalue weighted by molar-refractivity contribution is 0.0958. The maximum Gasteiger partial charge on any atom is 0.323 e. The van der Waals surface area contributed by atoms with Crippen LogP contribution in [0.25, 0.3) is 0 Å². The molecular weight excluding hydrogens is 494 g/mol. The van der Waals surface area contributed by atoms with Gasteiger partial charge in [-0.15, -0.1) is 0 Å². The molecule has 1 heterocycles. The maximum absolute atomic E-state index is 12.7. The highest BCUT2D eigenvalue weighted by molar-refractivity contribution is 6.31. The Balaban J connectivity index is 1.62. The summed E-state index contributed by atoms with van der Waals surface area (Å²) in [6.45, 7) is 9.18. The Morgan fingerprint density at radius 1 is 1.00 bits per heavy atom. The zero-order chi connectivity index (χ0) is 26.8. The van der Waals surface area contributed by atoms with Crippen molar-refractivity contribution in [2.45, 2.75) is 20.8 Å². The topological polar surface area (TPSA) is 105 Å². The van der Waals surface area contributed by atoms with Gasteiger partial charge in [0.2, 0.25) is 0 Å². The summed E-state index contributed by atoms with van der Waals surface area (Å²) in [5.74, 6) is 1.22. The monoisotopic (exact) mass is 525 g/mol. The van der Waals surface area contributed by atoms with Gasteiger partial charge < -0.3 is 30.3 Å². The van der Waals surface area contributed by atoms with Crippen LogP contribution in [0.15, 0.2) is 54.7 Å². The molecule has 0 fully saturated rings. The third-order valence-electron chi connectivity index (χ3n) is 5.61. The van der Waals surface area contributed by atoms with Crippen molar-refractivity contribution in [1.82, 2.24) is 15.2 Å². The maximum atomic E-state index is 12.7. The van der Waals surface area contributed by atoms with Crippen LogP contribution in [0.4, 0.5) is 16.2 Å². The van der Waals surface area contributed by atoms with Crippen molar-refractivity contribution in [3.63, 3.8) is 0 Å². The molecule has 3 rings (SSSR count). The van der Waals surface area contributed by atoms with E-state index in [1.807, 2.05) is 6.92 Å². The summed E-state index contributed by atoms with van der Waals surface area (Å²) in [5, 5.41) is 8.74. The molecule has 10 heteroatoms. The van der Waals surface area contributed by atoms with Crippen molar-refractivity contribution in [1.29, 1.82) is 0 Å².